The van der Waals surface area contributed by atoms with Crippen LogP contribution in [0.4, 0.5) is 5.69 Å². The van der Waals surface area contributed by atoms with Gasteiger partial charge in [0.1, 0.15) is 0 Å². The Hall–Kier alpha value is -2.09. The number of likely N-dealkylation sites (N-methyl/N-ethyl adjacent to an activating group) is 1. The molecule has 1 amide bonds. The molecule has 2 N–H and O–H groups in total. The number of amides is 1. The smallest absolute Gasteiger partial charge is 0.338 e. The van der Waals surface area contributed by atoms with Gasteiger partial charge in [0, 0.05) is 18.3 Å². The highest BCUT2D eigenvalue weighted by atomic mass is 32.2. The maximum absolute atomic E-state index is 12.2. The summed E-state index contributed by atoms with van der Waals surface area (Å²) in [5.41, 5.74) is 6.37. The molecule has 8 heteroatoms. The molecule has 0 unspecified atom stereocenters. The van der Waals surface area contributed by atoms with Gasteiger partial charge < -0.3 is 15.4 Å². The number of rotatable bonds is 5. The van der Waals surface area contributed by atoms with E-state index in [0.29, 0.717) is 24.2 Å². The third kappa shape index (κ3) is 4.44. The minimum Gasteiger partial charge on any atom is -0.452 e. The molecule has 0 saturated carbocycles. The van der Waals surface area contributed by atoms with Gasteiger partial charge in [-0.1, -0.05) is 0 Å². The maximum atomic E-state index is 12.2. The zero-order valence-corrected chi connectivity index (χ0v) is 13.7. The van der Waals surface area contributed by atoms with Crippen LogP contribution in [-0.4, -0.2) is 55.9 Å². The first-order valence-electron chi connectivity index (χ1n) is 7.35. The summed E-state index contributed by atoms with van der Waals surface area (Å²) in [6.45, 7) is 1.73. The number of anilines is 1. The number of ether oxygens (including phenoxy) is 1. The van der Waals surface area contributed by atoms with Gasteiger partial charge in [0.05, 0.1) is 17.1 Å². The zero-order chi connectivity index (χ0) is 17.0. The zero-order valence-electron chi connectivity index (χ0n) is 12.9. The number of carbonyl (C=O) groups is 2. The molecule has 2 rings (SSSR count). The molecule has 0 aliphatic carbocycles. The van der Waals surface area contributed by atoms with Gasteiger partial charge in [0.25, 0.3) is 5.91 Å². The first kappa shape index (κ1) is 17.3. The fourth-order valence-electron chi connectivity index (χ4n) is 2.57. The van der Waals surface area contributed by atoms with Crippen LogP contribution >= 0.6 is 0 Å². The molecule has 0 radical (unpaired) electrons. The van der Waals surface area contributed by atoms with Gasteiger partial charge in [-0.05, 0) is 37.6 Å². The van der Waals surface area contributed by atoms with E-state index < -0.39 is 28.3 Å². The molecule has 1 saturated heterocycles. The Bertz CT molecular complexity index is 684. The van der Waals surface area contributed by atoms with Crippen molar-refractivity contribution in [2.45, 2.75) is 19.4 Å². The van der Waals surface area contributed by atoms with Crippen LogP contribution in [0, 0.1) is 0 Å². The lowest BCUT2D eigenvalue weighted by atomic mass is 10.2. The SMILES string of the molecule is CCN(C(=O)COC(=O)c1ccc(N)cc1)[C@@H]1CCS(=O)(=O)C1. The van der Waals surface area contributed by atoms with E-state index in [2.05, 4.69) is 0 Å². The number of benzene rings is 1. The molecule has 1 aromatic carbocycles. The number of sulfone groups is 1. The quantitative estimate of drug-likeness (QED) is 0.616. The predicted octanol–water partition coefficient (Wildman–Crippen LogP) is 0.461. The Morgan fingerprint density at radius 1 is 1.30 bits per heavy atom. The number of carbonyl (C=O) groups excluding carboxylic acids is 2. The average Bonchev–Trinajstić information content (AvgIpc) is 2.86. The van der Waals surface area contributed by atoms with Crippen molar-refractivity contribution in [3.05, 3.63) is 29.8 Å². The Balaban J connectivity index is 1.92. The summed E-state index contributed by atoms with van der Waals surface area (Å²) in [6, 6.07) is 5.83. The van der Waals surface area contributed by atoms with E-state index in [-0.39, 0.29) is 17.5 Å². The fraction of sp³-hybridized carbons (Fsp3) is 0.467. The molecular formula is C15H20N2O5S. The minimum atomic E-state index is -3.08. The van der Waals surface area contributed by atoms with Crippen molar-refractivity contribution in [3.8, 4) is 0 Å². The monoisotopic (exact) mass is 340 g/mol. The molecule has 0 spiro atoms. The molecule has 7 nitrogen and oxygen atoms in total. The average molecular weight is 340 g/mol. The van der Waals surface area contributed by atoms with Crippen molar-refractivity contribution in [3.63, 3.8) is 0 Å². The second-order valence-corrected chi connectivity index (χ2v) is 7.66. The van der Waals surface area contributed by atoms with E-state index in [1.165, 1.54) is 17.0 Å². The van der Waals surface area contributed by atoms with Crippen molar-refractivity contribution in [1.82, 2.24) is 4.90 Å². The summed E-state index contributed by atoms with van der Waals surface area (Å²) in [5, 5.41) is 0. The van der Waals surface area contributed by atoms with E-state index in [1.807, 2.05) is 0 Å². The Morgan fingerprint density at radius 2 is 1.96 bits per heavy atom. The Kier molecular flexibility index (Phi) is 5.25. The van der Waals surface area contributed by atoms with Crippen molar-refractivity contribution in [1.29, 1.82) is 0 Å². The van der Waals surface area contributed by atoms with E-state index in [4.69, 9.17) is 10.5 Å². The van der Waals surface area contributed by atoms with Crippen LogP contribution in [0.25, 0.3) is 0 Å². The number of hydrogen-bond donors (Lipinski definition) is 1. The normalized spacial score (nSPS) is 19.3. The predicted molar refractivity (Wildman–Crippen MR) is 85.6 cm³/mol. The van der Waals surface area contributed by atoms with Crippen molar-refractivity contribution >= 4 is 27.4 Å². The van der Waals surface area contributed by atoms with Gasteiger partial charge in [0.2, 0.25) is 0 Å². The second-order valence-electron chi connectivity index (χ2n) is 5.43. The minimum absolute atomic E-state index is 0.0293. The van der Waals surface area contributed by atoms with Crippen molar-refractivity contribution in [2.75, 3.05) is 30.4 Å². The van der Waals surface area contributed by atoms with Crippen molar-refractivity contribution < 1.29 is 22.7 Å². The summed E-state index contributed by atoms with van der Waals surface area (Å²) in [6.07, 6.45) is 0.424. The summed E-state index contributed by atoms with van der Waals surface area (Å²) in [5.74, 6) is -0.947. The van der Waals surface area contributed by atoms with Crippen LogP contribution in [-0.2, 0) is 19.4 Å². The first-order valence-corrected chi connectivity index (χ1v) is 9.17. The highest BCUT2D eigenvalue weighted by Gasteiger charge is 2.34. The highest BCUT2D eigenvalue weighted by Crippen LogP contribution is 2.18. The Morgan fingerprint density at radius 3 is 2.48 bits per heavy atom. The standard InChI is InChI=1S/C15H20N2O5S/c1-2-17(13-7-8-23(20,21)10-13)14(18)9-22-15(19)11-3-5-12(16)6-4-11/h3-6,13H,2,7-10,16H2,1H3/t13-/m1/s1. The van der Waals surface area contributed by atoms with Crippen LogP contribution in [0.2, 0.25) is 0 Å². The van der Waals surface area contributed by atoms with Gasteiger partial charge >= 0.3 is 5.97 Å². The van der Waals surface area contributed by atoms with E-state index in [1.54, 1.807) is 19.1 Å². The van der Waals surface area contributed by atoms with Crippen LogP contribution in [0.1, 0.15) is 23.7 Å². The molecule has 0 aromatic heterocycles. The third-order valence-electron chi connectivity index (χ3n) is 3.78. The van der Waals surface area contributed by atoms with Crippen LogP contribution in [0.5, 0.6) is 0 Å². The van der Waals surface area contributed by atoms with Gasteiger partial charge in [-0.15, -0.1) is 0 Å². The summed E-state index contributed by atoms with van der Waals surface area (Å²) in [4.78, 5) is 25.5. The maximum Gasteiger partial charge on any atom is 0.338 e. The number of hydrogen-bond acceptors (Lipinski definition) is 6. The molecule has 1 aromatic rings. The summed E-state index contributed by atoms with van der Waals surface area (Å²) >= 11 is 0. The summed E-state index contributed by atoms with van der Waals surface area (Å²) < 4.78 is 28.1. The van der Waals surface area contributed by atoms with Gasteiger partial charge in [-0.25, -0.2) is 13.2 Å². The highest BCUT2D eigenvalue weighted by molar-refractivity contribution is 7.91. The Labute approximate surface area is 135 Å². The van der Waals surface area contributed by atoms with E-state index in [0.717, 1.165) is 0 Å². The lowest BCUT2D eigenvalue weighted by molar-refractivity contribution is -0.136. The molecule has 0 bridgehead atoms. The van der Waals surface area contributed by atoms with E-state index >= 15 is 0 Å². The molecule has 1 atom stereocenters. The van der Waals surface area contributed by atoms with Crippen LogP contribution in [0.3, 0.4) is 0 Å². The molecule has 1 heterocycles. The second kappa shape index (κ2) is 6.99. The van der Waals surface area contributed by atoms with Gasteiger partial charge in [0.15, 0.2) is 16.4 Å². The number of nitrogens with zero attached hydrogens (tertiary/aromatic N) is 1. The first-order chi connectivity index (χ1) is 10.8. The molecule has 1 aliphatic heterocycles. The van der Waals surface area contributed by atoms with E-state index in [9.17, 15) is 18.0 Å². The van der Waals surface area contributed by atoms with Crippen LogP contribution < -0.4 is 5.73 Å². The van der Waals surface area contributed by atoms with Gasteiger partial charge in [-0.3, -0.25) is 4.79 Å². The largest absolute Gasteiger partial charge is 0.452 e. The molecular weight excluding hydrogens is 320 g/mol. The lowest BCUT2D eigenvalue weighted by Gasteiger charge is -2.26. The van der Waals surface area contributed by atoms with Crippen molar-refractivity contribution in [2.24, 2.45) is 0 Å². The molecule has 1 fully saturated rings. The topological polar surface area (TPSA) is 107 Å². The molecule has 23 heavy (non-hydrogen) atoms. The summed E-state index contributed by atoms with van der Waals surface area (Å²) in [7, 11) is -3.08. The number of nitrogen functional groups attached to an aromatic ring is 1. The lowest BCUT2D eigenvalue weighted by Crippen LogP contribution is -2.43. The van der Waals surface area contributed by atoms with Crippen LogP contribution in [0.15, 0.2) is 24.3 Å². The molecule has 126 valence electrons. The molecule has 1 aliphatic rings. The van der Waals surface area contributed by atoms with Gasteiger partial charge in [-0.2, -0.15) is 0 Å². The fourth-order valence-corrected chi connectivity index (χ4v) is 4.30. The number of nitrogens with two attached hydrogens (primary N) is 1. The third-order valence-corrected chi connectivity index (χ3v) is 5.53. The number of esters is 1.